The molecule has 0 radical (unpaired) electrons. The normalized spacial score (nSPS) is 13.6. The molecule has 7 heteroatoms. The molecule has 2 heterocycles. The largest absolute Gasteiger partial charge is 0.337 e. The molecule has 4 nitrogen and oxygen atoms in total. The van der Waals surface area contributed by atoms with Crippen molar-refractivity contribution in [2.45, 2.75) is 19.3 Å². The van der Waals surface area contributed by atoms with Crippen LogP contribution in [0.4, 0.5) is 15.9 Å². The zero-order valence-corrected chi connectivity index (χ0v) is 14.6. The number of hydrogen-bond donors (Lipinski definition) is 2. The summed E-state index contributed by atoms with van der Waals surface area (Å²) in [5.74, 6) is -0.190. The van der Waals surface area contributed by atoms with Gasteiger partial charge in [0.25, 0.3) is 0 Å². The van der Waals surface area contributed by atoms with E-state index in [4.69, 9.17) is 0 Å². The van der Waals surface area contributed by atoms with E-state index >= 15 is 0 Å². The summed E-state index contributed by atoms with van der Waals surface area (Å²) in [5, 5.41) is 10.5. The smallest absolute Gasteiger partial charge is 0.169 e. The highest BCUT2D eigenvalue weighted by Crippen LogP contribution is 2.36. The van der Waals surface area contributed by atoms with Gasteiger partial charge in [0.1, 0.15) is 4.60 Å². The highest BCUT2D eigenvalue weighted by atomic mass is 79.9. The van der Waals surface area contributed by atoms with E-state index in [9.17, 15) is 4.39 Å². The molecule has 0 spiro atoms. The van der Waals surface area contributed by atoms with Gasteiger partial charge in [-0.3, -0.25) is 5.10 Å². The molecule has 2 aromatic heterocycles. The Bertz CT molecular complexity index is 891. The predicted molar refractivity (Wildman–Crippen MR) is 91.0 cm³/mol. The van der Waals surface area contributed by atoms with E-state index in [0.29, 0.717) is 15.6 Å². The third kappa shape index (κ3) is 2.23. The van der Waals surface area contributed by atoms with E-state index in [1.165, 1.54) is 17.2 Å². The Morgan fingerprint density at radius 3 is 2.86 bits per heavy atom. The fourth-order valence-corrected chi connectivity index (χ4v) is 3.85. The number of H-pyrrole nitrogens is 1. The summed E-state index contributed by atoms with van der Waals surface area (Å²) < 4.78 is 16.0. The number of anilines is 2. The fraction of sp³-hybridized carbons (Fsp3) is 0.200. The summed E-state index contributed by atoms with van der Waals surface area (Å²) in [4.78, 5) is 4.29. The number of rotatable bonds is 2. The fourth-order valence-electron chi connectivity index (χ4n) is 2.89. The first-order valence-corrected chi connectivity index (χ1v) is 8.49. The second kappa shape index (κ2) is 5.31. The van der Waals surface area contributed by atoms with Gasteiger partial charge in [-0.1, -0.05) is 15.9 Å². The lowest BCUT2D eigenvalue weighted by Crippen LogP contribution is -2.01. The second-order valence-electron chi connectivity index (χ2n) is 5.26. The van der Waals surface area contributed by atoms with Crippen molar-refractivity contribution in [1.29, 1.82) is 0 Å². The van der Waals surface area contributed by atoms with Crippen molar-refractivity contribution in [3.8, 4) is 0 Å². The lowest BCUT2D eigenvalue weighted by atomic mass is 10.1. The van der Waals surface area contributed by atoms with E-state index in [1.54, 1.807) is 0 Å². The SMILES string of the molecule is Fc1cc2c(Br)n[nH]c2nc1Nc1ccc(Br)c2c1CCC2. The molecular weight excluding hydrogens is 415 g/mol. The number of hydrogen-bond acceptors (Lipinski definition) is 3. The first kappa shape index (κ1) is 14.1. The maximum Gasteiger partial charge on any atom is 0.169 e. The van der Waals surface area contributed by atoms with Crippen molar-refractivity contribution in [3.05, 3.63) is 44.2 Å². The van der Waals surface area contributed by atoms with Crippen LogP contribution >= 0.6 is 31.9 Å². The van der Waals surface area contributed by atoms with Crippen LogP contribution in [-0.4, -0.2) is 15.2 Å². The van der Waals surface area contributed by atoms with Crippen LogP contribution in [0.1, 0.15) is 17.5 Å². The van der Waals surface area contributed by atoms with Crippen LogP contribution in [0, 0.1) is 5.82 Å². The number of fused-ring (bicyclic) bond motifs is 2. The Morgan fingerprint density at radius 2 is 2.00 bits per heavy atom. The van der Waals surface area contributed by atoms with E-state index in [1.807, 2.05) is 12.1 Å². The first-order chi connectivity index (χ1) is 10.6. The van der Waals surface area contributed by atoms with Gasteiger partial charge in [-0.2, -0.15) is 5.10 Å². The summed E-state index contributed by atoms with van der Waals surface area (Å²) in [6, 6.07) is 5.38. The Hall–Kier alpha value is -1.47. The number of nitrogens with one attached hydrogen (secondary N) is 2. The molecule has 0 saturated carbocycles. The van der Waals surface area contributed by atoms with Gasteiger partial charge >= 0.3 is 0 Å². The number of pyridine rings is 1. The van der Waals surface area contributed by atoms with E-state index in [2.05, 4.69) is 52.4 Å². The van der Waals surface area contributed by atoms with Gasteiger partial charge in [0.2, 0.25) is 0 Å². The molecule has 1 aromatic carbocycles. The minimum Gasteiger partial charge on any atom is -0.337 e. The second-order valence-corrected chi connectivity index (χ2v) is 6.87. The zero-order valence-electron chi connectivity index (χ0n) is 11.4. The lowest BCUT2D eigenvalue weighted by molar-refractivity contribution is 0.629. The van der Waals surface area contributed by atoms with Crippen LogP contribution in [0.5, 0.6) is 0 Å². The van der Waals surface area contributed by atoms with Gasteiger partial charge in [-0.05, 0) is 64.5 Å². The molecule has 2 N–H and O–H groups in total. The van der Waals surface area contributed by atoms with Gasteiger partial charge in [0, 0.05) is 10.2 Å². The Kier molecular flexibility index (Phi) is 3.41. The minimum absolute atomic E-state index is 0.208. The first-order valence-electron chi connectivity index (χ1n) is 6.91. The summed E-state index contributed by atoms with van der Waals surface area (Å²) in [6.45, 7) is 0. The van der Waals surface area contributed by atoms with E-state index < -0.39 is 5.82 Å². The molecule has 0 amide bonds. The Balaban J connectivity index is 1.78. The van der Waals surface area contributed by atoms with Crippen molar-refractivity contribution in [1.82, 2.24) is 15.2 Å². The quantitative estimate of drug-likeness (QED) is 0.616. The molecule has 112 valence electrons. The van der Waals surface area contributed by atoms with Gasteiger partial charge in [-0.15, -0.1) is 0 Å². The average molecular weight is 426 g/mol. The third-order valence-corrected chi connectivity index (χ3v) is 5.29. The monoisotopic (exact) mass is 424 g/mol. The number of aromatic amines is 1. The molecule has 0 unspecified atom stereocenters. The van der Waals surface area contributed by atoms with Crippen LogP contribution in [0.15, 0.2) is 27.3 Å². The molecule has 4 rings (SSSR count). The van der Waals surface area contributed by atoms with Gasteiger partial charge in [-0.25, -0.2) is 9.37 Å². The molecule has 1 aliphatic rings. The van der Waals surface area contributed by atoms with Crippen LogP contribution in [-0.2, 0) is 12.8 Å². The predicted octanol–water partition coefficient (Wildman–Crippen LogP) is 4.85. The maximum absolute atomic E-state index is 14.3. The summed E-state index contributed by atoms with van der Waals surface area (Å²) in [6.07, 6.45) is 3.17. The topological polar surface area (TPSA) is 53.6 Å². The molecule has 0 aliphatic heterocycles. The van der Waals surface area contributed by atoms with E-state index in [-0.39, 0.29) is 5.82 Å². The maximum atomic E-state index is 14.3. The van der Waals surface area contributed by atoms with Gasteiger partial charge in [0.15, 0.2) is 17.3 Å². The third-order valence-electron chi connectivity index (χ3n) is 3.94. The molecule has 0 atom stereocenters. The van der Waals surface area contributed by atoms with Crippen molar-refractivity contribution < 1.29 is 4.39 Å². The van der Waals surface area contributed by atoms with Crippen LogP contribution in [0.3, 0.4) is 0 Å². The standard InChI is InChI=1S/C15H11Br2FN4/c16-10-4-5-12(8-3-1-2-7(8)10)19-15-11(18)6-9-13(17)21-22-14(9)20-15/h4-6H,1-3H2,(H2,19,20,21,22). The van der Waals surface area contributed by atoms with Crippen LogP contribution in [0.25, 0.3) is 11.0 Å². The molecule has 3 aromatic rings. The highest BCUT2D eigenvalue weighted by molar-refractivity contribution is 9.10. The summed E-state index contributed by atoms with van der Waals surface area (Å²) in [7, 11) is 0. The van der Waals surface area contributed by atoms with Crippen LogP contribution in [0.2, 0.25) is 0 Å². The van der Waals surface area contributed by atoms with Crippen molar-refractivity contribution in [3.63, 3.8) is 0 Å². The number of halogens is 3. The molecule has 0 saturated heterocycles. The van der Waals surface area contributed by atoms with Crippen molar-refractivity contribution in [2.75, 3.05) is 5.32 Å². The Labute approximate surface area is 142 Å². The summed E-state index contributed by atoms with van der Waals surface area (Å²) >= 11 is 6.85. The van der Waals surface area contributed by atoms with Crippen molar-refractivity contribution >= 4 is 54.4 Å². The highest BCUT2D eigenvalue weighted by Gasteiger charge is 2.19. The molecular formula is C15H11Br2FN4. The lowest BCUT2D eigenvalue weighted by Gasteiger charge is -2.12. The van der Waals surface area contributed by atoms with Gasteiger partial charge in [0.05, 0.1) is 5.39 Å². The average Bonchev–Trinajstić information content (AvgIpc) is 3.11. The molecule has 1 aliphatic carbocycles. The number of benzene rings is 1. The Morgan fingerprint density at radius 1 is 1.18 bits per heavy atom. The van der Waals surface area contributed by atoms with Crippen molar-refractivity contribution in [2.24, 2.45) is 0 Å². The number of aromatic nitrogens is 3. The van der Waals surface area contributed by atoms with Gasteiger partial charge < -0.3 is 5.32 Å². The summed E-state index contributed by atoms with van der Waals surface area (Å²) in [5.41, 5.74) is 4.00. The van der Waals surface area contributed by atoms with Crippen LogP contribution < -0.4 is 5.32 Å². The van der Waals surface area contributed by atoms with E-state index in [0.717, 1.165) is 29.4 Å². The molecule has 0 fully saturated rings. The number of nitrogens with zero attached hydrogens (tertiary/aromatic N) is 2. The zero-order chi connectivity index (χ0) is 15.3. The molecule has 0 bridgehead atoms. The minimum atomic E-state index is -0.399. The molecule has 22 heavy (non-hydrogen) atoms.